The van der Waals surface area contributed by atoms with E-state index in [-0.39, 0.29) is 11.8 Å². The normalized spacial score (nSPS) is 13.5. The van der Waals surface area contributed by atoms with Crippen molar-refractivity contribution in [2.24, 2.45) is 0 Å². The van der Waals surface area contributed by atoms with E-state index in [0.29, 0.717) is 30.8 Å². The standard InChI is InChI=1S/C27H29N3O3/c1-20-6-3-4-7-21(20)19-26(31)30-16-14-29(15-17-30)24-12-10-23(11-13-24)28-27(32)22-8-5-9-25(18-22)33-2/h3-13,18H,14-17,19H2,1-2H3,(H,28,32). The van der Waals surface area contributed by atoms with E-state index < -0.39 is 0 Å². The van der Waals surface area contributed by atoms with Crippen molar-refractivity contribution in [1.29, 1.82) is 0 Å². The van der Waals surface area contributed by atoms with Gasteiger partial charge in [-0.3, -0.25) is 9.59 Å². The molecule has 3 aromatic carbocycles. The number of methoxy groups -OCH3 is 1. The predicted octanol–water partition coefficient (Wildman–Crippen LogP) is 4.15. The molecule has 4 rings (SSSR count). The van der Waals surface area contributed by atoms with Gasteiger partial charge in [-0.2, -0.15) is 0 Å². The third-order valence-corrected chi connectivity index (χ3v) is 6.06. The van der Waals surface area contributed by atoms with Crippen molar-refractivity contribution >= 4 is 23.2 Å². The number of nitrogens with zero attached hydrogens (tertiary/aromatic N) is 2. The Morgan fingerprint density at radius 1 is 0.909 bits per heavy atom. The molecule has 3 aromatic rings. The molecule has 2 amide bonds. The van der Waals surface area contributed by atoms with Gasteiger partial charge in [-0.1, -0.05) is 30.3 Å². The van der Waals surface area contributed by atoms with Crippen molar-refractivity contribution in [3.8, 4) is 5.75 Å². The molecule has 170 valence electrons. The van der Waals surface area contributed by atoms with Crippen molar-refractivity contribution in [1.82, 2.24) is 4.90 Å². The maximum atomic E-state index is 12.7. The Bertz CT molecular complexity index is 1120. The molecular formula is C27H29N3O3. The number of nitrogens with one attached hydrogen (secondary N) is 1. The van der Waals surface area contributed by atoms with Crippen molar-refractivity contribution in [2.75, 3.05) is 43.5 Å². The van der Waals surface area contributed by atoms with Gasteiger partial charge in [-0.15, -0.1) is 0 Å². The Hall–Kier alpha value is -3.80. The van der Waals surface area contributed by atoms with E-state index in [9.17, 15) is 9.59 Å². The molecule has 1 N–H and O–H groups in total. The number of carbonyl (C=O) groups excluding carboxylic acids is 2. The second kappa shape index (κ2) is 10.2. The number of ether oxygens (including phenoxy) is 1. The smallest absolute Gasteiger partial charge is 0.255 e. The van der Waals surface area contributed by atoms with Gasteiger partial charge in [-0.25, -0.2) is 0 Å². The minimum atomic E-state index is -0.178. The number of amides is 2. The second-order valence-electron chi connectivity index (χ2n) is 8.20. The molecule has 0 radical (unpaired) electrons. The Labute approximate surface area is 194 Å². The summed E-state index contributed by atoms with van der Waals surface area (Å²) in [5, 5.41) is 2.92. The third kappa shape index (κ3) is 5.52. The lowest BCUT2D eigenvalue weighted by Gasteiger charge is -2.36. The summed E-state index contributed by atoms with van der Waals surface area (Å²) in [4.78, 5) is 29.5. The van der Waals surface area contributed by atoms with Gasteiger partial charge in [-0.05, 0) is 60.5 Å². The van der Waals surface area contributed by atoms with Crippen LogP contribution in [-0.2, 0) is 11.2 Å². The van der Waals surface area contributed by atoms with E-state index in [2.05, 4.69) is 10.2 Å². The molecule has 33 heavy (non-hydrogen) atoms. The average molecular weight is 444 g/mol. The summed E-state index contributed by atoms with van der Waals surface area (Å²) >= 11 is 0. The van der Waals surface area contributed by atoms with Crippen molar-refractivity contribution in [3.63, 3.8) is 0 Å². The van der Waals surface area contributed by atoms with Crippen LogP contribution in [0.15, 0.2) is 72.8 Å². The topological polar surface area (TPSA) is 61.9 Å². The molecule has 0 aliphatic carbocycles. The van der Waals surface area contributed by atoms with Crippen LogP contribution in [0.25, 0.3) is 0 Å². The van der Waals surface area contributed by atoms with E-state index >= 15 is 0 Å². The van der Waals surface area contributed by atoms with Gasteiger partial charge in [0.25, 0.3) is 5.91 Å². The minimum Gasteiger partial charge on any atom is -0.497 e. The Morgan fingerprint density at radius 2 is 1.64 bits per heavy atom. The molecule has 1 heterocycles. The first-order chi connectivity index (χ1) is 16.0. The van der Waals surface area contributed by atoms with Crippen molar-refractivity contribution in [2.45, 2.75) is 13.3 Å². The summed E-state index contributed by atoms with van der Waals surface area (Å²) in [5.74, 6) is 0.650. The van der Waals surface area contributed by atoms with Crippen molar-refractivity contribution in [3.05, 3.63) is 89.5 Å². The third-order valence-electron chi connectivity index (χ3n) is 6.06. The zero-order valence-electron chi connectivity index (χ0n) is 19.1. The fourth-order valence-corrected chi connectivity index (χ4v) is 4.02. The Balaban J connectivity index is 1.30. The second-order valence-corrected chi connectivity index (χ2v) is 8.20. The van der Waals surface area contributed by atoms with Crippen LogP contribution in [0.3, 0.4) is 0 Å². The van der Waals surface area contributed by atoms with Crippen LogP contribution >= 0.6 is 0 Å². The minimum absolute atomic E-state index is 0.178. The fraction of sp³-hybridized carbons (Fsp3) is 0.259. The van der Waals surface area contributed by atoms with Crippen LogP contribution in [0.4, 0.5) is 11.4 Å². The summed E-state index contributed by atoms with van der Waals surface area (Å²) in [7, 11) is 1.58. The molecule has 0 aromatic heterocycles. The predicted molar refractivity (Wildman–Crippen MR) is 131 cm³/mol. The van der Waals surface area contributed by atoms with Gasteiger partial charge in [0.05, 0.1) is 13.5 Å². The molecule has 0 atom stereocenters. The highest BCUT2D eigenvalue weighted by Crippen LogP contribution is 2.21. The summed E-state index contributed by atoms with van der Waals surface area (Å²) in [6.07, 6.45) is 0.453. The van der Waals surface area contributed by atoms with E-state index in [1.807, 2.05) is 66.4 Å². The van der Waals surface area contributed by atoms with E-state index in [0.717, 1.165) is 35.6 Å². The summed E-state index contributed by atoms with van der Waals surface area (Å²) in [5.41, 5.74) is 4.61. The van der Waals surface area contributed by atoms with Crippen LogP contribution in [-0.4, -0.2) is 50.0 Å². The average Bonchev–Trinajstić information content (AvgIpc) is 2.86. The molecule has 0 bridgehead atoms. The van der Waals surface area contributed by atoms with Gasteiger partial charge >= 0.3 is 0 Å². The lowest BCUT2D eigenvalue weighted by molar-refractivity contribution is -0.130. The quantitative estimate of drug-likeness (QED) is 0.622. The Kier molecular flexibility index (Phi) is 6.93. The molecule has 0 spiro atoms. The van der Waals surface area contributed by atoms with Crippen LogP contribution in [0, 0.1) is 6.92 Å². The zero-order chi connectivity index (χ0) is 23.2. The van der Waals surface area contributed by atoms with Crippen LogP contribution in [0.1, 0.15) is 21.5 Å². The van der Waals surface area contributed by atoms with E-state index in [1.165, 1.54) is 0 Å². The fourth-order valence-electron chi connectivity index (χ4n) is 4.02. The lowest BCUT2D eigenvalue weighted by Crippen LogP contribution is -2.49. The van der Waals surface area contributed by atoms with E-state index in [4.69, 9.17) is 4.74 Å². The highest BCUT2D eigenvalue weighted by Gasteiger charge is 2.21. The SMILES string of the molecule is COc1cccc(C(=O)Nc2ccc(N3CCN(C(=O)Cc4ccccc4C)CC3)cc2)c1. The van der Waals surface area contributed by atoms with E-state index in [1.54, 1.807) is 25.3 Å². The highest BCUT2D eigenvalue weighted by molar-refractivity contribution is 6.04. The molecule has 6 nitrogen and oxygen atoms in total. The first kappa shape index (κ1) is 22.4. The summed E-state index contributed by atoms with van der Waals surface area (Å²) in [6, 6.07) is 22.9. The monoisotopic (exact) mass is 443 g/mol. The number of rotatable bonds is 6. The number of piperazine rings is 1. The van der Waals surface area contributed by atoms with Crippen molar-refractivity contribution < 1.29 is 14.3 Å². The van der Waals surface area contributed by atoms with Gasteiger partial charge < -0.3 is 19.9 Å². The first-order valence-electron chi connectivity index (χ1n) is 11.2. The number of hydrogen-bond acceptors (Lipinski definition) is 4. The van der Waals surface area contributed by atoms with Gasteiger partial charge in [0.15, 0.2) is 0 Å². The Morgan fingerprint density at radius 3 is 2.33 bits per heavy atom. The molecule has 0 saturated carbocycles. The number of anilines is 2. The van der Waals surface area contributed by atoms with Gasteiger partial charge in [0, 0.05) is 43.1 Å². The van der Waals surface area contributed by atoms with Crippen LogP contribution < -0.4 is 15.0 Å². The summed E-state index contributed by atoms with van der Waals surface area (Å²) < 4.78 is 5.19. The zero-order valence-corrected chi connectivity index (χ0v) is 19.1. The molecule has 1 saturated heterocycles. The van der Waals surface area contributed by atoms with Crippen LogP contribution in [0.2, 0.25) is 0 Å². The van der Waals surface area contributed by atoms with Crippen LogP contribution in [0.5, 0.6) is 5.75 Å². The molecule has 1 aliphatic rings. The number of carbonyl (C=O) groups is 2. The lowest BCUT2D eigenvalue weighted by atomic mass is 10.1. The number of hydrogen-bond donors (Lipinski definition) is 1. The number of aryl methyl sites for hydroxylation is 1. The molecule has 6 heteroatoms. The maximum Gasteiger partial charge on any atom is 0.255 e. The molecular weight excluding hydrogens is 414 g/mol. The highest BCUT2D eigenvalue weighted by atomic mass is 16.5. The largest absolute Gasteiger partial charge is 0.497 e. The molecule has 1 fully saturated rings. The summed E-state index contributed by atoms with van der Waals surface area (Å²) in [6.45, 7) is 5.03. The van der Waals surface area contributed by atoms with Gasteiger partial charge in [0.1, 0.15) is 5.75 Å². The molecule has 1 aliphatic heterocycles. The molecule has 0 unspecified atom stereocenters. The van der Waals surface area contributed by atoms with Gasteiger partial charge in [0.2, 0.25) is 5.91 Å². The maximum absolute atomic E-state index is 12.7. The first-order valence-corrected chi connectivity index (χ1v) is 11.2. The number of benzene rings is 3.